The first-order chi connectivity index (χ1) is 12.5. The Bertz CT molecular complexity index is 893. The predicted octanol–water partition coefficient (Wildman–Crippen LogP) is 3.20. The average Bonchev–Trinajstić information content (AvgIpc) is 2.98. The van der Waals surface area contributed by atoms with E-state index in [1.165, 1.54) is 34.6 Å². The number of aromatic nitrogens is 2. The lowest BCUT2D eigenvalue weighted by molar-refractivity contribution is -0.895. The molecule has 4 rings (SSSR count). The molecule has 1 aliphatic carbocycles. The molecule has 0 saturated heterocycles. The lowest BCUT2D eigenvalue weighted by Crippen LogP contribution is -3.08. The normalized spacial score (nSPS) is 21.1. The Hall–Kier alpha value is -1.11. The number of hydrogen-bond donors (Lipinski definition) is 1. The monoisotopic (exact) mass is 390 g/mol. The van der Waals surface area contributed by atoms with Crippen molar-refractivity contribution in [2.75, 3.05) is 19.3 Å². The van der Waals surface area contributed by atoms with Gasteiger partial charge in [0.25, 0.3) is 5.56 Å². The Morgan fingerprint density at radius 3 is 2.88 bits per heavy atom. The van der Waals surface area contributed by atoms with E-state index >= 15 is 0 Å². The Morgan fingerprint density at radius 2 is 2.15 bits per heavy atom. The Balaban J connectivity index is 1.87. The van der Waals surface area contributed by atoms with Crippen molar-refractivity contribution in [3.8, 4) is 0 Å². The molecular weight excluding hydrogens is 362 g/mol. The van der Waals surface area contributed by atoms with E-state index in [2.05, 4.69) is 13.6 Å². The van der Waals surface area contributed by atoms with Gasteiger partial charge in [0.1, 0.15) is 11.4 Å². The van der Waals surface area contributed by atoms with Crippen LogP contribution in [0.1, 0.15) is 55.5 Å². The number of likely N-dealkylation sites (N-methyl/N-ethyl adjacent to an activating group) is 1. The van der Waals surface area contributed by atoms with Gasteiger partial charge in [-0.15, -0.1) is 11.3 Å². The molecule has 2 aliphatic rings. The topological polar surface area (TPSA) is 39.3 Å². The van der Waals surface area contributed by atoms with E-state index in [4.69, 9.17) is 4.98 Å². The molecule has 1 saturated carbocycles. The predicted molar refractivity (Wildman–Crippen MR) is 111 cm³/mol. The summed E-state index contributed by atoms with van der Waals surface area (Å²) in [6.45, 7) is 8.19. The maximum Gasteiger partial charge on any atom is 0.263 e. The van der Waals surface area contributed by atoms with Crippen LogP contribution in [0.4, 0.5) is 0 Å². The number of thioether (sulfide) groups is 1. The highest BCUT2D eigenvalue weighted by molar-refractivity contribution is 7.99. The van der Waals surface area contributed by atoms with Crippen molar-refractivity contribution in [1.82, 2.24) is 9.55 Å². The molecule has 1 atom stereocenters. The summed E-state index contributed by atoms with van der Waals surface area (Å²) < 4.78 is 2.05. The van der Waals surface area contributed by atoms with Gasteiger partial charge in [0.15, 0.2) is 5.16 Å². The molecule has 1 unspecified atom stereocenters. The van der Waals surface area contributed by atoms with Crippen LogP contribution in [-0.4, -0.2) is 28.9 Å². The fourth-order valence-corrected chi connectivity index (χ4v) is 6.49. The number of nitrogens with zero attached hydrogens (tertiary/aromatic N) is 2. The molecule has 0 radical (unpaired) electrons. The second-order valence-corrected chi connectivity index (χ2v) is 9.95. The van der Waals surface area contributed by atoms with Crippen LogP contribution in [-0.2, 0) is 13.0 Å². The highest BCUT2D eigenvalue weighted by Gasteiger charge is 2.28. The largest absolute Gasteiger partial charge is 0.333 e. The third-order valence-corrected chi connectivity index (χ3v) is 7.87. The van der Waals surface area contributed by atoms with Gasteiger partial charge in [-0.05, 0) is 25.3 Å². The first kappa shape index (κ1) is 18.3. The summed E-state index contributed by atoms with van der Waals surface area (Å²) in [6, 6.07) is 0.313. The second-order valence-electron chi connectivity index (χ2n) is 7.92. The van der Waals surface area contributed by atoms with Crippen LogP contribution in [0.5, 0.6) is 0 Å². The number of fused-ring (bicyclic) bond motifs is 3. The van der Waals surface area contributed by atoms with Crippen LogP contribution in [0.15, 0.2) is 22.1 Å². The maximum atomic E-state index is 13.6. The lowest BCUT2D eigenvalue weighted by atomic mass is 9.95. The molecule has 1 N–H and O–H groups in total. The minimum Gasteiger partial charge on any atom is -0.333 e. The third-order valence-electron chi connectivity index (χ3n) is 5.56. The second kappa shape index (κ2) is 7.49. The van der Waals surface area contributed by atoms with Gasteiger partial charge in [-0.1, -0.05) is 43.2 Å². The van der Waals surface area contributed by atoms with Gasteiger partial charge in [0.05, 0.1) is 23.9 Å². The highest BCUT2D eigenvalue weighted by Crippen LogP contribution is 2.35. The number of thiophene rings is 1. The molecule has 0 amide bonds. The first-order valence-electron chi connectivity index (χ1n) is 9.70. The van der Waals surface area contributed by atoms with E-state index < -0.39 is 0 Å². The van der Waals surface area contributed by atoms with E-state index in [9.17, 15) is 4.79 Å². The van der Waals surface area contributed by atoms with E-state index in [0.717, 1.165) is 59.1 Å². The van der Waals surface area contributed by atoms with Crippen molar-refractivity contribution >= 4 is 33.3 Å². The number of rotatable bonds is 4. The van der Waals surface area contributed by atoms with Crippen LogP contribution in [0, 0.1) is 0 Å². The fraction of sp³-hybridized carbons (Fsp3) is 0.600. The SMILES string of the molecule is C=C(C)CSc1nc2sc3c(c2c(=O)n1C1CCCCC1)CC[NH+](C)C3. The summed E-state index contributed by atoms with van der Waals surface area (Å²) in [5.41, 5.74) is 2.62. The molecule has 2 aromatic rings. The Kier molecular flexibility index (Phi) is 5.26. The molecule has 26 heavy (non-hydrogen) atoms. The molecule has 1 fully saturated rings. The maximum absolute atomic E-state index is 13.6. The highest BCUT2D eigenvalue weighted by atomic mass is 32.2. The van der Waals surface area contributed by atoms with Crippen LogP contribution in [0.25, 0.3) is 10.2 Å². The summed E-state index contributed by atoms with van der Waals surface area (Å²) in [5.74, 6) is 0.822. The zero-order chi connectivity index (χ0) is 18.3. The molecule has 0 bridgehead atoms. The van der Waals surface area contributed by atoms with Crippen molar-refractivity contribution in [3.63, 3.8) is 0 Å². The molecule has 2 aromatic heterocycles. The van der Waals surface area contributed by atoms with Crippen molar-refractivity contribution in [2.24, 2.45) is 0 Å². The number of nitrogens with one attached hydrogen (secondary N) is 1. The van der Waals surface area contributed by atoms with E-state index in [1.807, 2.05) is 11.5 Å². The molecule has 3 heterocycles. The zero-order valence-corrected chi connectivity index (χ0v) is 17.4. The van der Waals surface area contributed by atoms with Crippen molar-refractivity contribution in [1.29, 1.82) is 0 Å². The van der Waals surface area contributed by atoms with Gasteiger partial charge in [0, 0.05) is 18.2 Å². The molecule has 140 valence electrons. The van der Waals surface area contributed by atoms with Crippen molar-refractivity contribution in [2.45, 2.75) is 63.2 Å². The van der Waals surface area contributed by atoms with Crippen LogP contribution < -0.4 is 10.5 Å². The van der Waals surface area contributed by atoms with Crippen LogP contribution >= 0.6 is 23.1 Å². The standard InChI is InChI=1S/C20H27N3OS2/c1-13(2)12-25-20-21-18-17(15-9-10-22(3)11-16(15)26-18)19(24)23(20)14-7-5-4-6-8-14/h14H,1,4-12H2,2-3H3/p+1. The zero-order valence-electron chi connectivity index (χ0n) is 15.8. The summed E-state index contributed by atoms with van der Waals surface area (Å²) in [7, 11) is 2.23. The van der Waals surface area contributed by atoms with E-state index in [0.29, 0.717) is 6.04 Å². The summed E-state index contributed by atoms with van der Waals surface area (Å²) >= 11 is 3.42. The van der Waals surface area contributed by atoms with Crippen LogP contribution in [0.3, 0.4) is 0 Å². The van der Waals surface area contributed by atoms with Crippen molar-refractivity contribution < 1.29 is 4.90 Å². The summed E-state index contributed by atoms with van der Waals surface area (Å²) in [4.78, 5) is 22.4. The van der Waals surface area contributed by atoms with Gasteiger partial charge in [-0.25, -0.2) is 4.98 Å². The Labute approximate surface area is 163 Å². The molecule has 0 spiro atoms. The van der Waals surface area contributed by atoms with E-state index in [1.54, 1.807) is 23.1 Å². The van der Waals surface area contributed by atoms with Gasteiger partial charge in [-0.2, -0.15) is 0 Å². The average molecular weight is 391 g/mol. The minimum atomic E-state index is 0.211. The van der Waals surface area contributed by atoms with Gasteiger partial charge in [0.2, 0.25) is 0 Å². The summed E-state index contributed by atoms with van der Waals surface area (Å²) in [6.07, 6.45) is 6.93. The molecule has 6 heteroatoms. The molecule has 0 aromatic carbocycles. The number of quaternary nitrogens is 1. The van der Waals surface area contributed by atoms with Gasteiger partial charge in [-0.3, -0.25) is 9.36 Å². The number of hydrogen-bond acceptors (Lipinski definition) is 4. The van der Waals surface area contributed by atoms with Gasteiger partial charge >= 0.3 is 0 Å². The third kappa shape index (κ3) is 3.39. The van der Waals surface area contributed by atoms with Crippen molar-refractivity contribution in [3.05, 3.63) is 32.9 Å². The van der Waals surface area contributed by atoms with Gasteiger partial charge < -0.3 is 4.90 Å². The molecular formula is C20H28N3OS2+. The Morgan fingerprint density at radius 1 is 1.38 bits per heavy atom. The lowest BCUT2D eigenvalue weighted by Gasteiger charge is -2.26. The van der Waals surface area contributed by atoms with E-state index in [-0.39, 0.29) is 5.56 Å². The fourth-order valence-electron chi connectivity index (χ4n) is 4.20. The first-order valence-corrected chi connectivity index (χ1v) is 11.5. The quantitative estimate of drug-likeness (QED) is 0.495. The van der Waals surface area contributed by atoms with Crippen LogP contribution in [0.2, 0.25) is 0 Å². The molecule has 4 nitrogen and oxygen atoms in total. The summed E-state index contributed by atoms with van der Waals surface area (Å²) in [5, 5.41) is 1.82. The molecule has 1 aliphatic heterocycles. The smallest absolute Gasteiger partial charge is 0.263 e. The minimum absolute atomic E-state index is 0.211.